The lowest BCUT2D eigenvalue weighted by atomic mass is 9.98. The van der Waals surface area contributed by atoms with Crippen LogP contribution in [0.25, 0.3) is 0 Å². The van der Waals surface area contributed by atoms with Crippen molar-refractivity contribution in [2.45, 2.75) is 58.4 Å². The summed E-state index contributed by atoms with van der Waals surface area (Å²) in [5.41, 5.74) is 11.2. The van der Waals surface area contributed by atoms with E-state index in [9.17, 15) is 0 Å². The molecule has 0 unspecified atom stereocenters. The van der Waals surface area contributed by atoms with Gasteiger partial charge in [0, 0.05) is 19.1 Å². The number of nitrogens with one attached hydrogen (secondary N) is 1. The van der Waals surface area contributed by atoms with Crippen LogP contribution in [-0.4, -0.2) is 19.1 Å². The van der Waals surface area contributed by atoms with Crippen LogP contribution in [0.3, 0.4) is 0 Å². The van der Waals surface area contributed by atoms with Gasteiger partial charge in [0.25, 0.3) is 0 Å². The molecule has 0 spiro atoms. The highest BCUT2D eigenvalue weighted by Crippen LogP contribution is 2.13. The second kappa shape index (κ2) is 11.1. The van der Waals surface area contributed by atoms with E-state index in [2.05, 4.69) is 67.7 Å². The second-order valence-electron chi connectivity index (χ2n) is 7.20. The first-order valence-corrected chi connectivity index (χ1v) is 9.72. The van der Waals surface area contributed by atoms with Crippen molar-refractivity contribution in [3.8, 4) is 0 Å². The fourth-order valence-electron chi connectivity index (χ4n) is 3.25. The fourth-order valence-corrected chi connectivity index (χ4v) is 3.25. The molecule has 0 aromatic heterocycles. The molecule has 0 fully saturated rings. The highest BCUT2D eigenvalue weighted by molar-refractivity contribution is 5.22. The summed E-state index contributed by atoms with van der Waals surface area (Å²) >= 11 is 0. The monoisotopic (exact) mass is 338 g/mol. The van der Waals surface area contributed by atoms with E-state index in [1.54, 1.807) is 0 Å². The zero-order chi connectivity index (χ0) is 17.9. The Bertz CT molecular complexity index is 535. The van der Waals surface area contributed by atoms with Crippen LogP contribution in [0.5, 0.6) is 0 Å². The molecule has 2 heteroatoms. The molecule has 2 nitrogen and oxygen atoms in total. The molecule has 0 saturated heterocycles. The van der Waals surface area contributed by atoms with E-state index in [0.29, 0.717) is 12.6 Å². The van der Waals surface area contributed by atoms with Crippen molar-refractivity contribution >= 4 is 0 Å². The quantitative estimate of drug-likeness (QED) is 0.630. The summed E-state index contributed by atoms with van der Waals surface area (Å²) < 4.78 is 0. The van der Waals surface area contributed by atoms with Gasteiger partial charge in [-0.2, -0.15) is 0 Å². The molecule has 0 aliphatic heterocycles. The minimum absolute atomic E-state index is 0.583. The standard InChI is InChI=1S/C23H34N2/c1-19-9-13-21(14-10-19)5-3-7-23(25-18-17-24)8-4-6-22-15-11-20(2)12-16-22/h9-16,23,25H,3-8,17-18,24H2,1-2H3. The largest absolute Gasteiger partial charge is 0.329 e. The maximum Gasteiger partial charge on any atom is 0.00770 e. The third-order valence-electron chi connectivity index (χ3n) is 4.85. The predicted molar refractivity (Wildman–Crippen MR) is 109 cm³/mol. The Morgan fingerprint density at radius 3 is 1.60 bits per heavy atom. The van der Waals surface area contributed by atoms with Crippen molar-refractivity contribution in [3.05, 3.63) is 70.8 Å². The Morgan fingerprint density at radius 1 is 0.760 bits per heavy atom. The number of aryl methyl sites for hydroxylation is 4. The van der Waals surface area contributed by atoms with E-state index >= 15 is 0 Å². The number of benzene rings is 2. The van der Waals surface area contributed by atoms with Crippen molar-refractivity contribution in [2.75, 3.05) is 13.1 Å². The second-order valence-corrected chi connectivity index (χ2v) is 7.20. The molecular formula is C23H34N2. The molecule has 0 bridgehead atoms. The fraction of sp³-hybridized carbons (Fsp3) is 0.478. The molecule has 0 aliphatic carbocycles. The van der Waals surface area contributed by atoms with Crippen molar-refractivity contribution < 1.29 is 0 Å². The van der Waals surface area contributed by atoms with Crippen molar-refractivity contribution in [2.24, 2.45) is 5.73 Å². The topological polar surface area (TPSA) is 38.0 Å². The average Bonchev–Trinajstić information content (AvgIpc) is 2.62. The van der Waals surface area contributed by atoms with Crippen molar-refractivity contribution in [1.29, 1.82) is 0 Å². The van der Waals surface area contributed by atoms with Gasteiger partial charge in [-0.1, -0.05) is 59.7 Å². The molecule has 0 atom stereocenters. The maximum atomic E-state index is 5.68. The first kappa shape index (κ1) is 19.7. The molecule has 0 radical (unpaired) electrons. The SMILES string of the molecule is Cc1ccc(CCCC(CCCc2ccc(C)cc2)NCCN)cc1. The Labute approximate surface area is 153 Å². The van der Waals surface area contributed by atoms with Gasteiger partial charge in [0.2, 0.25) is 0 Å². The summed E-state index contributed by atoms with van der Waals surface area (Å²) in [7, 11) is 0. The van der Waals surface area contributed by atoms with E-state index in [0.717, 1.165) is 6.54 Å². The smallest absolute Gasteiger partial charge is 0.00770 e. The van der Waals surface area contributed by atoms with Crippen molar-refractivity contribution in [3.63, 3.8) is 0 Å². The third kappa shape index (κ3) is 7.85. The number of nitrogens with two attached hydrogens (primary N) is 1. The lowest BCUT2D eigenvalue weighted by molar-refractivity contribution is 0.435. The van der Waals surface area contributed by atoms with Gasteiger partial charge in [0.05, 0.1) is 0 Å². The third-order valence-corrected chi connectivity index (χ3v) is 4.85. The summed E-state index contributed by atoms with van der Waals surface area (Å²) in [6.07, 6.45) is 7.24. The highest BCUT2D eigenvalue weighted by atomic mass is 14.9. The van der Waals surface area contributed by atoms with E-state index in [1.165, 1.54) is 60.8 Å². The molecule has 0 aliphatic rings. The Kier molecular flexibility index (Phi) is 8.71. The van der Waals surface area contributed by atoms with Gasteiger partial charge in [0.15, 0.2) is 0 Å². The van der Waals surface area contributed by atoms with Gasteiger partial charge in [0.1, 0.15) is 0 Å². The van der Waals surface area contributed by atoms with E-state index in [-0.39, 0.29) is 0 Å². The maximum absolute atomic E-state index is 5.68. The van der Waals surface area contributed by atoms with Crippen LogP contribution in [0.4, 0.5) is 0 Å². The summed E-state index contributed by atoms with van der Waals surface area (Å²) in [6.45, 7) is 5.92. The van der Waals surface area contributed by atoms with Gasteiger partial charge >= 0.3 is 0 Å². The van der Waals surface area contributed by atoms with Crippen LogP contribution in [0.15, 0.2) is 48.5 Å². The minimum atomic E-state index is 0.583. The number of rotatable bonds is 11. The van der Waals surface area contributed by atoms with Gasteiger partial charge < -0.3 is 11.1 Å². The molecule has 0 saturated carbocycles. The molecule has 2 aromatic rings. The van der Waals surface area contributed by atoms with Crippen LogP contribution in [0.2, 0.25) is 0 Å². The van der Waals surface area contributed by atoms with E-state index in [4.69, 9.17) is 5.73 Å². The lowest BCUT2D eigenvalue weighted by Crippen LogP contribution is -2.33. The van der Waals surface area contributed by atoms with Gasteiger partial charge in [-0.3, -0.25) is 0 Å². The Hall–Kier alpha value is -1.64. The number of hydrogen-bond acceptors (Lipinski definition) is 2. The molecule has 0 amide bonds. The number of hydrogen-bond donors (Lipinski definition) is 2. The highest BCUT2D eigenvalue weighted by Gasteiger charge is 2.08. The van der Waals surface area contributed by atoms with Crippen molar-refractivity contribution in [1.82, 2.24) is 5.32 Å². The summed E-state index contributed by atoms with van der Waals surface area (Å²) in [5.74, 6) is 0. The predicted octanol–water partition coefficient (Wildman–Crippen LogP) is 4.57. The van der Waals surface area contributed by atoms with Crippen LogP contribution >= 0.6 is 0 Å². The molecule has 136 valence electrons. The average molecular weight is 339 g/mol. The zero-order valence-electron chi connectivity index (χ0n) is 15.9. The summed E-state index contributed by atoms with van der Waals surface area (Å²) in [5, 5.41) is 3.64. The summed E-state index contributed by atoms with van der Waals surface area (Å²) in [4.78, 5) is 0. The van der Waals surface area contributed by atoms with E-state index < -0.39 is 0 Å². The molecule has 0 heterocycles. The summed E-state index contributed by atoms with van der Waals surface area (Å²) in [6, 6.07) is 18.5. The van der Waals surface area contributed by atoms with Crippen LogP contribution in [-0.2, 0) is 12.8 Å². The van der Waals surface area contributed by atoms with Crippen LogP contribution in [0, 0.1) is 13.8 Å². The molecule has 25 heavy (non-hydrogen) atoms. The van der Waals surface area contributed by atoms with Gasteiger partial charge in [-0.25, -0.2) is 0 Å². The Balaban J connectivity index is 1.73. The minimum Gasteiger partial charge on any atom is -0.329 e. The van der Waals surface area contributed by atoms with Gasteiger partial charge in [-0.15, -0.1) is 0 Å². The first-order chi connectivity index (χ1) is 12.2. The molecule has 3 N–H and O–H groups in total. The molecule has 2 aromatic carbocycles. The van der Waals surface area contributed by atoms with Gasteiger partial charge in [-0.05, 0) is 63.5 Å². The molecule has 2 rings (SSSR count). The lowest BCUT2D eigenvalue weighted by Gasteiger charge is -2.18. The van der Waals surface area contributed by atoms with E-state index in [1.807, 2.05) is 0 Å². The van der Waals surface area contributed by atoms with Crippen LogP contribution in [0.1, 0.15) is 47.9 Å². The zero-order valence-corrected chi connectivity index (χ0v) is 15.9. The normalized spacial score (nSPS) is 11.2. The first-order valence-electron chi connectivity index (χ1n) is 9.72. The van der Waals surface area contributed by atoms with Crippen LogP contribution < -0.4 is 11.1 Å². The molecular weight excluding hydrogens is 304 g/mol. The Morgan fingerprint density at radius 2 is 1.20 bits per heavy atom.